The van der Waals surface area contributed by atoms with Crippen LogP contribution in [-0.2, 0) is 21.3 Å². The summed E-state index contributed by atoms with van der Waals surface area (Å²) in [6.45, 7) is 1.64. The SMILES string of the molecule is CO[C@@H]1CC(n2cc(C)c(=O)n(C)c2=O)OC1CC=O. The molecule has 1 saturated heterocycles. The molecule has 0 amide bonds. The number of nitrogens with zero attached hydrogens (tertiary/aromatic N) is 2. The molecule has 0 radical (unpaired) electrons. The summed E-state index contributed by atoms with van der Waals surface area (Å²) in [6, 6.07) is 0. The first kappa shape index (κ1) is 14.7. The molecular formula is C13H18N2O5. The normalized spacial score (nSPS) is 25.9. The van der Waals surface area contributed by atoms with Gasteiger partial charge in [0.25, 0.3) is 5.56 Å². The molecule has 2 heterocycles. The molecule has 7 heteroatoms. The first-order chi connectivity index (χ1) is 9.49. The molecule has 0 bridgehead atoms. The highest BCUT2D eigenvalue weighted by atomic mass is 16.6. The van der Waals surface area contributed by atoms with Gasteiger partial charge in [-0.15, -0.1) is 0 Å². The molecule has 0 saturated carbocycles. The van der Waals surface area contributed by atoms with Crippen molar-refractivity contribution in [1.82, 2.24) is 9.13 Å². The number of hydrogen-bond acceptors (Lipinski definition) is 5. The number of methoxy groups -OCH3 is 1. The van der Waals surface area contributed by atoms with Crippen LogP contribution in [0.1, 0.15) is 24.6 Å². The molecule has 0 aliphatic carbocycles. The van der Waals surface area contributed by atoms with E-state index in [1.165, 1.54) is 17.8 Å². The first-order valence-corrected chi connectivity index (χ1v) is 6.40. The Morgan fingerprint density at radius 3 is 2.80 bits per heavy atom. The van der Waals surface area contributed by atoms with Gasteiger partial charge in [-0.2, -0.15) is 0 Å². The molecule has 1 aromatic heterocycles. The van der Waals surface area contributed by atoms with Crippen LogP contribution in [0.25, 0.3) is 0 Å². The van der Waals surface area contributed by atoms with E-state index < -0.39 is 11.9 Å². The maximum Gasteiger partial charge on any atom is 0.332 e. The van der Waals surface area contributed by atoms with E-state index in [2.05, 4.69) is 0 Å². The largest absolute Gasteiger partial charge is 0.379 e. The van der Waals surface area contributed by atoms with Gasteiger partial charge in [0.2, 0.25) is 0 Å². The van der Waals surface area contributed by atoms with Gasteiger partial charge >= 0.3 is 5.69 Å². The van der Waals surface area contributed by atoms with Crippen molar-refractivity contribution in [3.8, 4) is 0 Å². The monoisotopic (exact) mass is 282 g/mol. The van der Waals surface area contributed by atoms with E-state index in [9.17, 15) is 14.4 Å². The minimum absolute atomic E-state index is 0.217. The second-order valence-electron chi connectivity index (χ2n) is 4.91. The van der Waals surface area contributed by atoms with Crippen molar-refractivity contribution in [1.29, 1.82) is 0 Å². The summed E-state index contributed by atoms with van der Waals surface area (Å²) in [4.78, 5) is 34.4. The van der Waals surface area contributed by atoms with Gasteiger partial charge < -0.3 is 14.3 Å². The fraction of sp³-hybridized carbons (Fsp3) is 0.615. The second-order valence-corrected chi connectivity index (χ2v) is 4.91. The summed E-state index contributed by atoms with van der Waals surface area (Å²) in [6.07, 6.45) is 1.81. The molecule has 0 aromatic carbocycles. The Bertz CT molecular complexity index is 618. The molecule has 3 atom stereocenters. The molecule has 1 aliphatic rings. The standard InChI is InChI=1S/C13H18N2O5/c1-8-7-15(13(18)14(2)12(8)17)11-6-10(19-3)9(20-11)4-5-16/h5,7,9-11H,4,6H2,1-3H3/t9?,10-,11?/m1/s1. The Morgan fingerprint density at radius 1 is 1.50 bits per heavy atom. The van der Waals surface area contributed by atoms with Gasteiger partial charge in [-0.3, -0.25) is 13.9 Å². The van der Waals surface area contributed by atoms with Crippen LogP contribution in [0.3, 0.4) is 0 Å². The Balaban J connectivity index is 2.37. The zero-order valence-electron chi connectivity index (χ0n) is 11.7. The van der Waals surface area contributed by atoms with E-state index in [0.29, 0.717) is 12.0 Å². The van der Waals surface area contributed by atoms with Gasteiger partial charge in [-0.1, -0.05) is 0 Å². The number of aldehydes is 1. The Kier molecular flexibility index (Phi) is 4.20. The topological polar surface area (TPSA) is 79.5 Å². The van der Waals surface area contributed by atoms with E-state index in [-0.39, 0.29) is 24.2 Å². The average molecular weight is 282 g/mol. The summed E-state index contributed by atoms with van der Waals surface area (Å²) >= 11 is 0. The van der Waals surface area contributed by atoms with Crippen LogP contribution in [0.5, 0.6) is 0 Å². The zero-order chi connectivity index (χ0) is 14.9. The van der Waals surface area contributed by atoms with Crippen molar-refractivity contribution in [2.24, 2.45) is 7.05 Å². The fourth-order valence-electron chi connectivity index (χ4n) is 2.47. The summed E-state index contributed by atoms with van der Waals surface area (Å²) in [5.41, 5.74) is -0.298. The van der Waals surface area contributed by atoms with E-state index in [4.69, 9.17) is 9.47 Å². The van der Waals surface area contributed by atoms with Crippen LogP contribution in [0.2, 0.25) is 0 Å². The molecule has 1 aliphatic heterocycles. The predicted octanol–water partition coefficient (Wildman–Crippen LogP) is -0.253. The molecule has 1 aromatic rings. The lowest BCUT2D eigenvalue weighted by atomic mass is 10.1. The third kappa shape index (κ3) is 2.46. The van der Waals surface area contributed by atoms with Crippen molar-refractivity contribution in [3.63, 3.8) is 0 Å². The van der Waals surface area contributed by atoms with Crippen LogP contribution in [0.15, 0.2) is 15.8 Å². The van der Waals surface area contributed by atoms with Crippen LogP contribution in [0.4, 0.5) is 0 Å². The first-order valence-electron chi connectivity index (χ1n) is 6.40. The Hall–Kier alpha value is -1.73. The Labute approximate surface area is 115 Å². The van der Waals surface area contributed by atoms with Crippen molar-refractivity contribution < 1.29 is 14.3 Å². The van der Waals surface area contributed by atoms with E-state index in [1.54, 1.807) is 14.0 Å². The molecule has 20 heavy (non-hydrogen) atoms. The molecule has 0 spiro atoms. The number of rotatable bonds is 4. The highest BCUT2D eigenvalue weighted by Crippen LogP contribution is 2.30. The fourth-order valence-corrected chi connectivity index (χ4v) is 2.47. The molecule has 7 nitrogen and oxygen atoms in total. The minimum atomic E-state index is -0.525. The number of ether oxygens (including phenoxy) is 2. The second kappa shape index (κ2) is 5.72. The van der Waals surface area contributed by atoms with Gasteiger partial charge in [-0.05, 0) is 6.92 Å². The van der Waals surface area contributed by atoms with Crippen molar-refractivity contribution in [2.45, 2.75) is 38.2 Å². The summed E-state index contributed by atoms with van der Waals surface area (Å²) < 4.78 is 13.4. The number of hydrogen-bond donors (Lipinski definition) is 0. The molecule has 0 N–H and O–H groups in total. The van der Waals surface area contributed by atoms with Crippen molar-refractivity contribution in [2.75, 3.05) is 7.11 Å². The maximum atomic E-state index is 12.1. The van der Waals surface area contributed by atoms with Crippen LogP contribution in [0, 0.1) is 6.92 Å². The van der Waals surface area contributed by atoms with Gasteiger partial charge in [0.1, 0.15) is 12.5 Å². The highest BCUT2D eigenvalue weighted by Gasteiger charge is 2.36. The summed E-state index contributed by atoms with van der Waals surface area (Å²) in [5.74, 6) is 0. The summed E-state index contributed by atoms with van der Waals surface area (Å²) in [7, 11) is 2.98. The van der Waals surface area contributed by atoms with Gasteiger partial charge in [-0.25, -0.2) is 4.79 Å². The van der Waals surface area contributed by atoms with Gasteiger partial charge in [0.15, 0.2) is 0 Å². The molecule has 2 unspecified atom stereocenters. The van der Waals surface area contributed by atoms with Crippen LogP contribution in [-0.4, -0.2) is 34.7 Å². The Morgan fingerprint density at radius 2 is 2.20 bits per heavy atom. The third-order valence-electron chi connectivity index (χ3n) is 3.60. The average Bonchev–Trinajstić information content (AvgIpc) is 2.84. The lowest BCUT2D eigenvalue weighted by molar-refractivity contribution is -0.112. The lowest BCUT2D eigenvalue weighted by Gasteiger charge is -2.16. The number of carbonyl (C=O) groups is 1. The minimum Gasteiger partial charge on any atom is -0.379 e. The lowest BCUT2D eigenvalue weighted by Crippen LogP contribution is -2.40. The van der Waals surface area contributed by atoms with Crippen molar-refractivity contribution in [3.05, 3.63) is 32.6 Å². The van der Waals surface area contributed by atoms with Gasteiger partial charge in [0.05, 0.1) is 12.2 Å². The van der Waals surface area contributed by atoms with Crippen molar-refractivity contribution >= 4 is 6.29 Å². The number of carbonyl (C=O) groups excluding carboxylic acids is 1. The molecular weight excluding hydrogens is 264 g/mol. The molecule has 2 rings (SSSR count). The molecule has 110 valence electrons. The van der Waals surface area contributed by atoms with Crippen LogP contribution < -0.4 is 11.2 Å². The van der Waals surface area contributed by atoms with Crippen LogP contribution >= 0.6 is 0 Å². The smallest absolute Gasteiger partial charge is 0.332 e. The maximum absolute atomic E-state index is 12.1. The zero-order valence-corrected chi connectivity index (χ0v) is 11.7. The third-order valence-corrected chi connectivity index (χ3v) is 3.60. The van der Waals surface area contributed by atoms with Gasteiger partial charge in [0, 0.05) is 38.8 Å². The predicted molar refractivity (Wildman–Crippen MR) is 70.7 cm³/mol. The van der Waals surface area contributed by atoms with E-state index >= 15 is 0 Å². The van der Waals surface area contributed by atoms with E-state index in [1.807, 2.05) is 0 Å². The quantitative estimate of drug-likeness (QED) is 0.711. The highest BCUT2D eigenvalue weighted by molar-refractivity contribution is 5.50. The number of aromatic nitrogens is 2. The summed E-state index contributed by atoms with van der Waals surface area (Å²) in [5, 5.41) is 0. The number of aryl methyl sites for hydroxylation is 1. The van der Waals surface area contributed by atoms with E-state index in [0.717, 1.165) is 10.9 Å². The molecule has 1 fully saturated rings.